The minimum Gasteiger partial charge on any atom is -0.343 e. The summed E-state index contributed by atoms with van der Waals surface area (Å²) in [5.41, 5.74) is 4.14. The first-order chi connectivity index (χ1) is 8.68. The van der Waals surface area contributed by atoms with Gasteiger partial charge in [0.1, 0.15) is 0 Å². The van der Waals surface area contributed by atoms with Gasteiger partial charge >= 0.3 is 0 Å². The van der Waals surface area contributed by atoms with Crippen LogP contribution < -0.4 is 5.43 Å². The number of nitrogens with zero attached hydrogens (tertiary/aromatic N) is 1. The maximum absolute atomic E-state index is 12.5. The molecule has 0 atom stereocenters. The maximum atomic E-state index is 12.5. The van der Waals surface area contributed by atoms with E-state index in [9.17, 15) is 4.79 Å². The highest BCUT2D eigenvalue weighted by molar-refractivity contribution is 5.85. The van der Waals surface area contributed by atoms with Crippen LogP contribution >= 0.6 is 0 Å². The van der Waals surface area contributed by atoms with E-state index in [-0.39, 0.29) is 5.43 Å². The normalized spacial score (nSPS) is 14.2. The van der Waals surface area contributed by atoms with Gasteiger partial charge in [-0.2, -0.15) is 0 Å². The van der Waals surface area contributed by atoms with E-state index in [2.05, 4.69) is 23.6 Å². The second-order valence-corrected chi connectivity index (χ2v) is 4.80. The quantitative estimate of drug-likeness (QED) is 0.688. The smallest absolute Gasteiger partial charge is 0.197 e. The second-order valence-electron chi connectivity index (χ2n) is 4.80. The molecule has 0 bridgehead atoms. The number of rotatable bonds is 0. The van der Waals surface area contributed by atoms with Crippen molar-refractivity contribution in [3.63, 3.8) is 0 Å². The van der Waals surface area contributed by atoms with Crippen molar-refractivity contribution < 1.29 is 0 Å². The molecule has 1 aromatic carbocycles. The van der Waals surface area contributed by atoms with Crippen LogP contribution in [0.3, 0.4) is 0 Å². The minimum atomic E-state index is 0.129. The van der Waals surface area contributed by atoms with E-state index in [1.54, 1.807) is 0 Å². The Hall–Kier alpha value is -2.09. The van der Waals surface area contributed by atoms with Gasteiger partial charge in [-0.15, -0.1) is 0 Å². The molecule has 1 heterocycles. The number of fused-ring (bicyclic) bond motifs is 2. The molecule has 0 N–H and O–H groups in total. The zero-order valence-electron chi connectivity index (χ0n) is 10.6. The largest absolute Gasteiger partial charge is 0.343 e. The molecule has 90 valence electrons. The Balaban J connectivity index is 2.54. The summed E-state index contributed by atoms with van der Waals surface area (Å²) in [4.78, 5) is 12.5. The summed E-state index contributed by atoms with van der Waals surface area (Å²) in [5.74, 6) is 0. The molecule has 1 aliphatic carbocycles. The molecule has 0 amide bonds. The number of pyridine rings is 1. The highest BCUT2D eigenvalue weighted by atomic mass is 16.1. The molecule has 0 spiro atoms. The number of para-hydroxylation sites is 1. The van der Waals surface area contributed by atoms with Gasteiger partial charge in [0, 0.05) is 18.0 Å². The van der Waals surface area contributed by atoms with E-state index < -0.39 is 0 Å². The first kappa shape index (κ1) is 11.0. The summed E-state index contributed by atoms with van der Waals surface area (Å²) in [6, 6.07) is 7.77. The summed E-state index contributed by atoms with van der Waals surface area (Å²) < 4.78 is 2.09. The summed E-state index contributed by atoms with van der Waals surface area (Å²) in [7, 11) is 2.01. The van der Waals surface area contributed by atoms with Crippen molar-refractivity contribution in [1.29, 1.82) is 0 Å². The van der Waals surface area contributed by atoms with E-state index >= 15 is 0 Å². The predicted octanol–water partition coefficient (Wildman–Crippen LogP) is 3.36. The van der Waals surface area contributed by atoms with E-state index in [0.29, 0.717) is 0 Å². The Morgan fingerprint density at radius 1 is 1.22 bits per heavy atom. The zero-order chi connectivity index (χ0) is 12.7. The number of aromatic nitrogens is 1. The molecule has 0 radical (unpaired) electrons. The molecule has 0 saturated carbocycles. The van der Waals surface area contributed by atoms with Crippen molar-refractivity contribution in [2.45, 2.75) is 13.3 Å². The molecule has 2 aromatic rings. The van der Waals surface area contributed by atoms with Gasteiger partial charge in [0.25, 0.3) is 0 Å². The average Bonchev–Trinajstić information content (AvgIpc) is 2.58. The topological polar surface area (TPSA) is 22.0 Å². The molecule has 0 saturated heterocycles. The Bertz CT molecular complexity index is 748. The summed E-state index contributed by atoms with van der Waals surface area (Å²) in [5, 5.41) is 0.790. The van der Waals surface area contributed by atoms with Crippen molar-refractivity contribution in [2.24, 2.45) is 7.05 Å². The fourth-order valence-electron chi connectivity index (χ4n) is 2.53. The molecule has 18 heavy (non-hydrogen) atoms. The Labute approximate surface area is 106 Å². The van der Waals surface area contributed by atoms with Crippen molar-refractivity contribution in [1.82, 2.24) is 4.57 Å². The monoisotopic (exact) mass is 237 g/mol. The maximum Gasteiger partial charge on any atom is 0.197 e. The van der Waals surface area contributed by atoms with Gasteiger partial charge in [-0.3, -0.25) is 4.79 Å². The van der Waals surface area contributed by atoms with E-state index in [4.69, 9.17) is 0 Å². The zero-order valence-corrected chi connectivity index (χ0v) is 10.6. The second kappa shape index (κ2) is 3.98. The summed E-state index contributed by atoms with van der Waals surface area (Å²) >= 11 is 0. The van der Waals surface area contributed by atoms with Crippen LogP contribution in [0.2, 0.25) is 0 Å². The number of aryl methyl sites for hydroxylation is 1. The minimum absolute atomic E-state index is 0.129. The Morgan fingerprint density at radius 3 is 2.83 bits per heavy atom. The number of hydrogen-bond acceptors (Lipinski definition) is 1. The molecule has 2 heteroatoms. The molecule has 3 rings (SSSR count). The van der Waals surface area contributed by atoms with Crippen LogP contribution in [0.5, 0.6) is 0 Å². The molecule has 1 aliphatic rings. The highest BCUT2D eigenvalue weighted by Crippen LogP contribution is 2.22. The van der Waals surface area contributed by atoms with Crippen molar-refractivity contribution in [3.8, 4) is 0 Å². The van der Waals surface area contributed by atoms with Gasteiger partial charge in [-0.25, -0.2) is 0 Å². The van der Waals surface area contributed by atoms with Crippen LogP contribution in [0, 0.1) is 0 Å². The van der Waals surface area contributed by atoms with Crippen LogP contribution in [0.15, 0.2) is 40.7 Å². The number of hydrogen-bond donors (Lipinski definition) is 0. The van der Waals surface area contributed by atoms with Crippen LogP contribution in [-0.2, 0) is 7.05 Å². The van der Waals surface area contributed by atoms with E-state index in [1.807, 2.05) is 37.4 Å². The predicted molar refractivity (Wildman–Crippen MR) is 76.5 cm³/mol. The van der Waals surface area contributed by atoms with Crippen LogP contribution in [0.4, 0.5) is 0 Å². The van der Waals surface area contributed by atoms with Gasteiger partial charge in [0.2, 0.25) is 0 Å². The SMILES string of the molecule is CC1=Cc2c(n(C)c3ccccc3c2=O)C=CC1. The number of benzene rings is 1. The van der Waals surface area contributed by atoms with Gasteiger partial charge in [-0.1, -0.05) is 23.8 Å². The first-order valence-electron chi connectivity index (χ1n) is 6.14. The molecule has 0 aliphatic heterocycles. The van der Waals surface area contributed by atoms with Crippen LogP contribution in [-0.4, -0.2) is 4.57 Å². The van der Waals surface area contributed by atoms with E-state index in [1.165, 1.54) is 5.57 Å². The average molecular weight is 237 g/mol. The third kappa shape index (κ3) is 1.53. The Morgan fingerprint density at radius 2 is 2.00 bits per heavy atom. The van der Waals surface area contributed by atoms with Gasteiger partial charge in [0.15, 0.2) is 5.43 Å². The standard InChI is InChI=1S/C16H15NO/c1-11-6-5-9-15-13(10-11)16(18)12-7-3-4-8-14(12)17(15)2/h3-5,7-10H,6H2,1-2H3. The van der Waals surface area contributed by atoms with Gasteiger partial charge in [-0.05, 0) is 37.6 Å². The summed E-state index contributed by atoms with van der Waals surface area (Å²) in [6.07, 6.45) is 7.09. The van der Waals surface area contributed by atoms with E-state index in [0.717, 1.165) is 28.6 Å². The third-order valence-corrected chi connectivity index (χ3v) is 3.50. The number of allylic oxidation sites excluding steroid dienone is 2. The molecular weight excluding hydrogens is 222 g/mol. The first-order valence-corrected chi connectivity index (χ1v) is 6.14. The lowest BCUT2D eigenvalue weighted by Crippen LogP contribution is -2.14. The third-order valence-electron chi connectivity index (χ3n) is 3.50. The lowest BCUT2D eigenvalue weighted by molar-refractivity contribution is 0.932. The van der Waals surface area contributed by atoms with Crippen LogP contribution in [0.25, 0.3) is 23.1 Å². The summed E-state index contributed by atoms with van der Waals surface area (Å²) in [6.45, 7) is 2.06. The van der Waals surface area contributed by atoms with Crippen molar-refractivity contribution >= 4 is 23.1 Å². The van der Waals surface area contributed by atoms with Crippen LogP contribution in [0.1, 0.15) is 24.6 Å². The van der Waals surface area contributed by atoms with Crippen molar-refractivity contribution in [3.05, 3.63) is 57.4 Å². The van der Waals surface area contributed by atoms with Gasteiger partial charge < -0.3 is 4.57 Å². The molecule has 0 fully saturated rings. The van der Waals surface area contributed by atoms with Gasteiger partial charge in [0.05, 0.1) is 11.2 Å². The lowest BCUT2D eigenvalue weighted by Gasteiger charge is -2.12. The Kier molecular flexibility index (Phi) is 2.44. The fraction of sp³-hybridized carbons (Fsp3) is 0.188. The molecule has 0 unspecified atom stereocenters. The lowest BCUT2D eigenvalue weighted by atomic mass is 10.1. The van der Waals surface area contributed by atoms with Crippen molar-refractivity contribution in [2.75, 3.05) is 0 Å². The fourth-order valence-corrected chi connectivity index (χ4v) is 2.53. The molecule has 2 nitrogen and oxygen atoms in total. The highest BCUT2D eigenvalue weighted by Gasteiger charge is 2.12. The molecular formula is C16H15NO. The molecule has 1 aromatic heterocycles.